The maximum atomic E-state index is 4.75. The van der Waals surface area contributed by atoms with Crippen molar-refractivity contribution in [2.45, 2.75) is 45.7 Å². The molecular weight excluding hydrogens is 378 g/mol. The Morgan fingerprint density at radius 3 is 2.79 bits per heavy atom. The number of nitrogens with one attached hydrogen (secondary N) is 2. The van der Waals surface area contributed by atoms with Crippen LogP contribution in [0.4, 0.5) is 0 Å². The molecule has 154 valence electrons. The minimum Gasteiger partial charge on any atom is -0.357 e. The molecule has 0 saturated heterocycles. The topological polar surface area (TPSA) is 54.2 Å². The Bertz CT molecular complexity index is 855. The van der Waals surface area contributed by atoms with Gasteiger partial charge in [0.15, 0.2) is 5.96 Å². The predicted octanol–water partition coefficient (Wildman–Crippen LogP) is 4.44. The average Bonchev–Trinajstić information content (AvgIpc) is 3.43. The van der Waals surface area contributed by atoms with Gasteiger partial charge in [0.25, 0.3) is 0 Å². The first kappa shape index (κ1) is 21.1. The van der Waals surface area contributed by atoms with Gasteiger partial charge in [-0.3, -0.25) is 0 Å². The van der Waals surface area contributed by atoms with Crippen LogP contribution in [-0.4, -0.2) is 28.6 Å². The first-order valence-electron chi connectivity index (χ1n) is 10.4. The van der Waals surface area contributed by atoms with Crippen molar-refractivity contribution in [2.75, 3.05) is 13.1 Å². The first-order valence-corrected chi connectivity index (χ1v) is 11.2. The summed E-state index contributed by atoms with van der Waals surface area (Å²) in [6, 6.07) is 14.9. The average molecular weight is 410 g/mol. The summed E-state index contributed by atoms with van der Waals surface area (Å²) in [5.41, 5.74) is 1.38. The van der Waals surface area contributed by atoms with Gasteiger partial charge in [-0.15, -0.1) is 11.3 Å². The lowest BCUT2D eigenvalue weighted by Gasteiger charge is -2.15. The molecule has 2 N–H and O–H groups in total. The third kappa shape index (κ3) is 6.75. The highest BCUT2D eigenvalue weighted by Gasteiger charge is 2.08. The van der Waals surface area contributed by atoms with Crippen LogP contribution in [0.25, 0.3) is 0 Å². The van der Waals surface area contributed by atoms with E-state index in [2.05, 4.69) is 88.1 Å². The molecule has 0 fully saturated rings. The number of thiophene rings is 1. The van der Waals surface area contributed by atoms with E-state index < -0.39 is 0 Å². The second kappa shape index (κ2) is 11.4. The molecule has 29 heavy (non-hydrogen) atoms. The molecule has 3 aromatic rings. The summed E-state index contributed by atoms with van der Waals surface area (Å²) in [6.07, 6.45) is 6.09. The normalized spacial score (nSPS) is 12.7. The van der Waals surface area contributed by atoms with Crippen molar-refractivity contribution in [3.63, 3.8) is 0 Å². The van der Waals surface area contributed by atoms with Crippen molar-refractivity contribution in [1.29, 1.82) is 0 Å². The van der Waals surface area contributed by atoms with Crippen molar-refractivity contribution in [3.8, 4) is 0 Å². The van der Waals surface area contributed by atoms with Crippen molar-refractivity contribution in [1.82, 2.24) is 20.2 Å². The SMILES string of the molecule is CCNC(=NCc1nccn1CCCc1ccccc1)NCC(C)c1cccs1. The summed E-state index contributed by atoms with van der Waals surface area (Å²) in [4.78, 5) is 10.7. The minimum atomic E-state index is 0.457. The van der Waals surface area contributed by atoms with Crippen molar-refractivity contribution in [3.05, 3.63) is 76.5 Å². The molecule has 0 aliphatic heterocycles. The van der Waals surface area contributed by atoms with Gasteiger partial charge in [-0.25, -0.2) is 9.98 Å². The molecular formula is C23H31N5S. The highest BCUT2D eigenvalue weighted by atomic mass is 32.1. The van der Waals surface area contributed by atoms with Crippen LogP contribution >= 0.6 is 11.3 Å². The van der Waals surface area contributed by atoms with E-state index in [1.807, 2.05) is 6.20 Å². The quantitative estimate of drug-likeness (QED) is 0.385. The second-order valence-electron chi connectivity index (χ2n) is 7.12. The largest absolute Gasteiger partial charge is 0.357 e. The van der Waals surface area contributed by atoms with Crippen LogP contribution in [-0.2, 0) is 19.5 Å². The van der Waals surface area contributed by atoms with Crippen LogP contribution in [0.1, 0.15) is 42.5 Å². The molecule has 1 aromatic carbocycles. The number of aromatic nitrogens is 2. The molecule has 0 spiro atoms. The molecule has 0 radical (unpaired) electrons. The lowest BCUT2D eigenvalue weighted by atomic mass is 10.1. The van der Waals surface area contributed by atoms with Crippen LogP contribution in [0.3, 0.4) is 0 Å². The highest BCUT2D eigenvalue weighted by Crippen LogP contribution is 2.19. The van der Waals surface area contributed by atoms with Gasteiger partial charge >= 0.3 is 0 Å². The maximum absolute atomic E-state index is 4.75. The zero-order valence-corrected chi connectivity index (χ0v) is 18.2. The number of benzene rings is 1. The lowest BCUT2D eigenvalue weighted by Crippen LogP contribution is -2.39. The van der Waals surface area contributed by atoms with E-state index in [4.69, 9.17) is 4.99 Å². The number of rotatable bonds is 10. The molecule has 1 atom stereocenters. The van der Waals surface area contributed by atoms with E-state index in [1.54, 1.807) is 11.3 Å². The fraction of sp³-hybridized carbons (Fsp3) is 0.391. The van der Waals surface area contributed by atoms with Gasteiger partial charge < -0.3 is 15.2 Å². The summed E-state index contributed by atoms with van der Waals surface area (Å²) in [7, 11) is 0. The van der Waals surface area contributed by atoms with Crippen molar-refractivity contribution >= 4 is 17.3 Å². The molecule has 0 aliphatic carbocycles. The third-order valence-corrected chi connectivity index (χ3v) is 5.94. The number of aryl methyl sites for hydroxylation is 2. The molecule has 3 rings (SSSR count). The van der Waals surface area contributed by atoms with Crippen molar-refractivity contribution < 1.29 is 0 Å². The van der Waals surface area contributed by atoms with Gasteiger partial charge in [0.1, 0.15) is 12.4 Å². The van der Waals surface area contributed by atoms with Gasteiger partial charge in [0, 0.05) is 42.8 Å². The smallest absolute Gasteiger partial charge is 0.191 e. The van der Waals surface area contributed by atoms with E-state index in [0.717, 1.165) is 44.3 Å². The Morgan fingerprint density at radius 1 is 1.17 bits per heavy atom. The molecule has 5 nitrogen and oxygen atoms in total. The third-order valence-electron chi connectivity index (χ3n) is 4.84. The van der Waals surface area contributed by atoms with Crippen LogP contribution in [0, 0.1) is 0 Å². The number of hydrogen-bond acceptors (Lipinski definition) is 3. The fourth-order valence-corrected chi connectivity index (χ4v) is 3.99. The summed E-state index contributed by atoms with van der Waals surface area (Å²) >= 11 is 1.80. The second-order valence-corrected chi connectivity index (χ2v) is 8.10. The summed E-state index contributed by atoms with van der Waals surface area (Å²) < 4.78 is 2.21. The monoisotopic (exact) mass is 409 g/mol. The highest BCUT2D eigenvalue weighted by molar-refractivity contribution is 7.10. The van der Waals surface area contributed by atoms with Crippen molar-refractivity contribution in [2.24, 2.45) is 4.99 Å². The zero-order chi connectivity index (χ0) is 20.3. The predicted molar refractivity (Wildman–Crippen MR) is 123 cm³/mol. The lowest BCUT2D eigenvalue weighted by molar-refractivity contribution is 0.610. The zero-order valence-electron chi connectivity index (χ0n) is 17.3. The number of imidazole rings is 1. The number of guanidine groups is 1. The standard InChI is InChI=1S/C23H31N5S/c1-3-24-23(26-17-19(2)21-12-8-16-29-21)27-18-22-25-13-15-28(22)14-7-11-20-9-5-4-6-10-20/h4-6,8-10,12-13,15-16,19H,3,7,11,14,17-18H2,1-2H3,(H2,24,26,27). The molecule has 0 bridgehead atoms. The molecule has 2 heterocycles. The number of hydrogen-bond donors (Lipinski definition) is 2. The van der Waals surface area contributed by atoms with E-state index in [1.165, 1.54) is 10.4 Å². The van der Waals surface area contributed by atoms with Gasteiger partial charge in [0.2, 0.25) is 0 Å². The molecule has 1 unspecified atom stereocenters. The summed E-state index contributed by atoms with van der Waals surface area (Å²) in [6.45, 7) is 7.55. The van der Waals surface area contributed by atoms with E-state index >= 15 is 0 Å². The number of nitrogens with zero attached hydrogens (tertiary/aromatic N) is 3. The molecule has 2 aromatic heterocycles. The Morgan fingerprint density at radius 2 is 2.03 bits per heavy atom. The fourth-order valence-electron chi connectivity index (χ4n) is 3.21. The van der Waals surface area contributed by atoms with Gasteiger partial charge in [-0.2, -0.15) is 0 Å². The Kier molecular flexibility index (Phi) is 8.31. The van der Waals surface area contributed by atoms with E-state index in [9.17, 15) is 0 Å². The van der Waals surface area contributed by atoms with Gasteiger partial charge in [-0.1, -0.05) is 43.3 Å². The Hall–Kier alpha value is -2.60. The van der Waals surface area contributed by atoms with Crippen LogP contribution < -0.4 is 10.6 Å². The first-order chi connectivity index (χ1) is 14.3. The summed E-state index contributed by atoms with van der Waals surface area (Å²) in [5.74, 6) is 2.30. The van der Waals surface area contributed by atoms with E-state index in [0.29, 0.717) is 12.5 Å². The van der Waals surface area contributed by atoms with Crippen LogP contribution in [0.5, 0.6) is 0 Å². The van der Waals surface area contributed by atoms with E-state index in [-0.39, 0.29) is 0 Å². The molecule has 0 saturated carbocycles. The minimum absolute atomic E-state index is 0.457. The molecule has 6 heteroatoms. The summed E-state index contributed by atoms with van der Waals surface area (Å²) in [5, 5.41) is 8.93. The van der Waals surface area contributed by atoms with Crippen LogP contribution in [0.2, 0.25) is 0 Å². The van der Waals surface area contributed by atoms with Gasteiger partial charge in [-0.05, 0) is 36.8 Å². The maximum Gasteiger partial charge on any atom is 0.191 e. The molecule has 0 amide bonds. The molecule has 0 aliphatic rings. The Labute approximate surface area is 177 Å². The number of aliphatic imine (C=N–C) groups is 1. The van der Waals surface area contributed by atoms with Gasteiger partial charge in [0.05, 0.1) is 0 Å². The van der Waals surface area contributed by atoms with Crippen LogP contribution in [0.15, 0.2) is 65.2 Å². The Balaban J connectivity index is 1.52.